The molecule has 16 heavy (non-hydrogen) atoms. The van der Waals surface area contributed by atoms with Crippen LogP contribution >= 0.6 is 11.6 Å². The van der Waals surface area contributed by atoms with Crippen LogP contribution in [0, 0.1) is 0 Å². The number of pyridine rings is 1. The van der Waals surface area contributed by atoms with Crippen molar-refractivity contribution < 1.29 is 0 Å². The van der Waals surface area contributed by atoms with Gasteiger partial charge >= 0.3 is 0 Å². The molecule has 0 bridgehead atoms. The largest absolute Gasteiger partial charge is 0.317 e. The van der Waals surface area contributed by atoms with Gasteiger partial charge in [-0.3, -0.25) is 0 Å². The molecule has 1 fully saturated rings. The van der Waals surface area contributed by atoms with Crippen molar-refractivity contribution in [2.24, 2.45) is 0 Å². The third-order valence-corrected chi connectivity index (χ3v) is 3.50. The van der Waals surface area contributed by atoms with Gasteiger partial charge in [0.15, 0.2) is 5.65 Å². The second kappa shape index (κ2) is 4.03. The normalized spacial score (nSPS) is 18.1. The van der Waals surface area contributed by atoms with E-state index in [0.29, 0.717) is 5.92 Å². The van der Waals surface area contributed by atoms with E-state index in [1.165, 1.54) is 5.56 Å². The van der Waals surface area contributed by atoms with Gasteiger partial charge in [-0.2, -0.15) is 5.10 Å². The molecule has 0 saturated carbocycles. The van der Waals surface area contributed by atoms with Gasteiger partial charge in [0.2, 0.25) is 0 Å². The summed E-state index contributed by atoms with van der Waals surface area (Å²) in [6, 6.07) is 1.89. The summed E-state index contributed by atoms with van der Waals surface area (Å²) in [5.41, 5.74) is 2.00. The molecule has 0 spiro atoms. The lowest BCUT2D eigenvalue weighted by atomic mass is 9.91. The number of piperidine rings is 1. The fourth-order valence-electron chi connectivity index (χ4n) is 2.29. The third-order valence-electron chi connectivity index (χ3n) is 3.17. The van der Waals surface area contributed by atoms with E-state index in [9.17, 15) is 0 Å². The van der Waals surface area contributed by atoms with Crippen molar-refractivity contribution in [2.45, 2.75) is 18.8 Å². The first-order valence-corrected chi connectivity index (χ1v) is 5.92. The smallest absolute Gasteiger partial charge is 0.156 e. The number of fused-ring (bicyclic) bond motifs is 1. The predicted octanol–water partition coefficient (Wildman–Crippen LogP) is 1.85. The average molecular weight is 237 g/mol. The van der Waals surface area contributed by atoms with Crippen molar-refractivity contribution in [3.8, 4) is 0 Å². The molecule has 5 heteroatoms. The van der Waals surface area contributed by atoms with Gasteiger partial charge in [0, 0.05) is 17.3 Å². The van der Waals surface area contributed by atoms with Crippen LogP contribution < -0.4 is 5.32 Å². The number of rotatable bonds is 1. The molecule has 1 aliphatic rings. The fourth-order valence-corrected chi connectivity index (χ4v) is 2.59. The highest BCUT2D eigenvalue weighted by Crippen LogP contribution is 2.31. The lowest BCUT2D eigenvalue weighted by Crippen LogP contribution is -2.26. The van der Waals surface area contributed by atoms with Crippen LogP contribution in [0.5, 0.6) is 0 Å². The van der Waals surface area contributed by atoms with Crippen molar-refractivity contribution in [3.63, 3.8) is 0 Å². The number of halogens is 1. The quantitative estimate of drug-likeness (QED) is 0.822. The van der Waals surface area contributed by atoms with Crippen molar-refractivity contribution >= 4 is 17.2 Å². The molecular weight excluding hydrogens is 224 g/mol. The summed E-state index contributed by atoms with van der Waals surface area (Å²) in [7, 11) is 0. The second-order valence-electron chi connectivity index (χ2n) is 4.16. The van der Waals surface area contributed by atoms with Gasteiger partial charge < -0.3 is 5.32 Å². The van der Waals surface area contributed by atoms with Gasteiger partial charge in [-0.25, -0.2) is 9.50 Å². The van der Waals surface area contributed by atoms with E-state index in [1.807, 2.05) is 12.3 Å². The summed E-state index contributed by atoms with van der Waals surface area (Å²) in [6.07, 6.45) is 5.85. The molecule has 1 N–H and O–H groups in total. The molecule has 3 rings (SSSR count). The summed E-state index contributed by atoms with van der Waals surface area (Å²) < 4.78 is 1.79. The molecule has 0 aromatic carbocycles. The highest BCUT2D eigenvalue weighted by molar-refractivity contribution is 6.31. The molecule has 1 saturated heterocycles. The number of hydrogen-bond donors (Lipinski definition) is 1. The Morgan fingerprint density at radius 3 is 3.00 bits per heavy atom. The lowest BCUT2D eigenvalue weighted by Gasteiger charge is -2.23. The maximum Gasteiger partial charge on any atom is 0.156 e. The second-order valence-corrected chi connectivity index (χ2v) is 4.57. The zero-order chi connectivity index (χ0) is 11.0. The number of aromatic nitrogens is 3. The number of nitrogens with one attached hydrogen (secondary N) is 1. The van der Waals surface area contributed by atoms with Gasteiger partial charge in [0.1, 0.15) is 6.33 Å². The van der Waals surface area contributed by atoms with Gasteiger partial charge in [-0.1, -0.05) is 11.6 Å². The lowest BCUT2D eigenvalue weighted by molar-refractivity contribution is 0.459. The molecule has 0 radical (unpaired) electrons. The fraction of sp³-hybridized carbons (Fsp3) is 0.455. The maximum atomic E-state index is 6.29. The molecule has 2 aromatic rings. The van der Waals surface area contributed by atoms with Crippen LogP contribution in [0.15, 0.2) is 18.6 Å². The zero-order valence-corrected chi connectivity index (χ0v) is 9.61. The van der Waals surface area contributed by atoms with Crippen LogP contribution in [0.3, 0.4) is 0 Å². The Morgan fingerprint density at radius 1 is 1.38 bits per heavy atom. The first-order chi connectivity index (χ1) is 7.84. The summed E-state index contributed by atoms with van der Waals surface area (Å²) in [6.45, 7) is 2.13. The Labute approximate surface area is 98.6 Å². The van der Waals surface area contributed by atoms with Crippen molar-refractivity contribution in [3.05, 3.63) is 29.2 Å². The molecule has 0 aliphatic carbocycles. The number of hydrogen-bond acceptors (Lipinski definition) is 3. The molecule has 0 amide bonds. The zero-order valence-electron chi connectivity index (χ0n) is 8.86. The number of nitrogens with zero attached hydrogens (tertiary/aromatic N) is 3. The van der Waals surface area contributed by atoms with E-state index in [-0.39, 0.29) is 0 Å². The topological polar surface area (TPSA) is 42.2 Å². The molecule has 0 atom stereocenters. The molecule has 84 valence electrons. The Bertz CT molecular complexity index is 502. The van der Waals surface area contributed by atoms with Crippen molar-refractivity contribution in [1.82, 2.24) is 19.9 Å². The van der Waals surface area contributed by atoms with Crippen LogP contribution in [0.2, 0.25) is 5.02 Å². The Kier molecular flexibility index (Phi) is 2.53. The van der Waals surface area contributed by atoms with Gasteiger partial charge in [0.25, 0.3) is 0 Å². The van der Waals surface area contributed by atoms with Crippen LogP contribution in [-0.2, 0) is 0 Å². The van der Waals surface area contributed by atoms with E-state index in [1.54, 1.807) is 10.8 Å². The Morgan fingerprint density at radius 2 is 2.19 bits per heavy atom. The minimum atomic E-state index is 0.544. The summed E-state index contributed by atoms with van der Waals surface area (Å²) >= 11 is 6.29. The van der Waals surface area contributed by atoms with E-state index in [0.717, 1.165) is 36.6 Å². The first kappa shape index (κ1) is 10.1. The first-order valence-electron chi connectivity index (χ1n) is 5.54. The Balaban J connectivity index is 2.03. The minimum Gasteiger partial charge on any atom is -0.317 e. The average Bonchev–Trinajstić information content (AvgIpc) is 2.76. The SMILES string of the molecule is Clc1cc2ncnn2cc1C1CCNCC1. The van der Waals surface area contributed by atoms with Crippen molar-refractivity contribution in [2.75, 3.05) is 13.1 Å². The highest BCUT2D eigenvalue weighted by atomic mass is 35.5. The summed E-state index contributed by atoms with van der Waals surface area (Å²) in [5, 5.41) is 8.32. The predicted molar refractivity (Wildman–Crippen MR) is 62.8 cm³/mol. The van der Waals surface area contributed by atoms with Gasteiger partial charge in [-0.05, 0) is 37.4 Å². The highest BCUT2D eigenvalue weighted by Gasteiger charge is 2.18. The van der Waals surface area contributed by atoms with E-state index in [2.05, 4.69) is 15.4 Å². The Hall–Kier alpha value is -1.13. The molecular formula is C11H13ClN4. The standard InChI is InChI=1S/C11H13ClN4/c12-10-5-11-14-7-15-16(11)6-9(10)8-1-3-13-4-2-8/h5-8,13H,1-4H2. The molecule has 4 nitrogen and oxygen atoms in total. The van der Waals surface area contributed by atoms with Crippen LogP contribution in [-0.4, -0.2) is 27.7 Å². The van der Waals surface area contributed by atoms with E-state index >= 15 is 0 Å². The van der Waals surface area contributed by atoms with Crippen LogP contribution in [0.25, 0.3) is 5.65 Å². The van der Waals surface area contributed by atoms with E-state index < -0.39 is 0 Å². The van der Waals surface area contributed by atoms with Crippen LogP contribution in [0.1, 0.15) is 24.3 Å². The summed E-state index contributed by atoms with van der Waals surface area (Å²) in [5.74, 6) is 0.544. The maximum absolute atomic E-state index is 6.29. The van der Waals surface area contributed by atoms with Crippen molar-refractivity contribution in [1.29, 1.82) is 0 Å². The molecule has 2 aromatic heterocycles. The van der Waals surface area contributed by atoms with E-state index in [4.69, 9.17) is 11.6 Å². The van der Waals surface area contributed by atoms with Gasteiger partial charge in [0.05, 0.1) is 0 Å². The third kappa shape index (κ3) is 1.68. The summed E-state index contributed by atoms with van der Waals surface area (Å²) in [4.78, 5) is 4.12. The molecule has 1 aliphatic heterocycles. The van der Waals surface area contributed by atoms with Crippen LogP contribution in [0.4, 0.5) is 0 Å². The molecule has 3 heterocycles. The molecule has 0 unspecified atom stereocenters. The minimum absolute atomic E-state index is 0.544. The van der Waals surface area contributed by atoms with Gasteiger partial charge in [-0.15, -0.1) is 0 Å². The monoisotopic (exact) mass is 236 g/mol.